The summed E-state index contributed by atoms with van der Waals surface area (Å²) in [6, 6.07) is 0. The molecule has 0 saturated heterocycles. The van der Waals surface area contributed by atoms with Crippen molar-refractivity contribution in [3.63, 3.8) is 0 Å². The largest absolute Gasteiger partial charge is 0.383 e. The molecule has 0 unspecified atom stereocenters. The summed E-state index contributed by atoms with van der Waals surface area (Å²) < 4.78 is 4.95. The van der Waals surface area contributed by atoms with E-state index in [9.17, 15) is 0 Å². The van der Waals surface area contributed by atoms with E-state index in [0.29, 0.717) is 0 Å². The summed E-state index contributed by atoms with van der Waals surface area (Å²) in [5.41, 5.74) is 1.53. The molecule has 0 aromatic heterocycles. The van der Waals surface area contributed by atoms with Gasteiger partial charge in [0.2, 0.25) is 0 Å². The highest BCUT2D eigenvalue weighted by Gasteiger charge is 1.98. The maximum atomic E-state index is 4.95. The highest BCUT2D eigenvalue weighted by atomic mass is 16.5. The third kappa shape index (κ3) is 6.47. The van der Waals surface area contributed by atoms with Gasteiger partial charge in [-0.2, -0.15) is 0 Å². The van der Waals surface area contributed by atoms with Crippen molar-refractivity contribution in [3.05, 3.63) is 23.8 Å². The molecule has 0 heterocycles. The van der Waals surface area contributed by atoms with Gasteiger partial charge in [0.15, 0.2) is 0 Å². The van der Waals surface area contributed by atoms with Crippen LogP contribution >= 0.6 is 0 Å². The van der Waals surface area contributed by atoms with Gasteiger partial charge in [-0.1, -0.05) is 23.8 Å². The summed E-state index contributed by atoms with van der Waals surface area (Å²) in [6.45, 7) is 2.80. The zero-order valence-corrected chi connectivity index (χ0v) is 9.80. The van der Waals surface area contributed by atoms with E-state index in [1.165, 1.54) is 31.3 Å². The first-order chi connectivity index (χ1) is 7.43. The first-order valence-corrected chi connectivity index (χ1v) is 5.98. The molecule has 0 aromatic rings. The lowest BCUT2D eigenvalue weighted by Crippen LogP contribution is -2.19. The van der Waals surface area contributed by atoms with Crippen molar-refractivity contribution in [2.24, 2.45) is 0 Å². The number of allylic oxidation sites excluding steroid dienone is 3. The summed E-state index contributed by atoms with van der Waals surface area (Å²) in [7, 11) is 1.73. The molecular formula is C13H23NO. The maximum absolute atomic E-state index is 4.95. The summed E-state index contributed by atoms with van der Waals surface area (Å²) >= 11 is 0. The fraction of sp³-hybridized carbons (Fsp3) is 0.692. The molecule has 0 spiro atoms. The molecule has 1 aliphatic rings. The molecule has 15 heavy (non-hydrogen) atoms. The van der Waals surface area contributed by atoms with Gasteiger partial charge in [0, 0.05) is 13.7 Å². The van der Waals surface area contributed by atoms with E-state index in [4.69, 9.17) is 4.74 Å². The van der Waals surface area contributed by atoms with E-state index in [1.807, 2.05) is 0 Å². The normalized spacial score (nSPS) is 17.0. The third-order valence-electron chi connectivity index (χ3n) is 2.63. The SMILES string of the molecule is COCCNCC/C=C/C1=CCCCC1. The van der Waals surface area contributed by atoms with Gasteiger partial charge in [0.1, 0.15) is 0 Å². The molecule has 2 nitrogen and oxygen atoms in total. The Hall–Kier alpha value is -0.600. The molecule has 0 fully saturated rings. The molecule has 1 rings (SSSR count). The van der Waals surface area contributed by atoms with Crippen molar-refractivity contribution in [1.29, 1.82) is 0 Å². The topological polar surface area (TPSA) is 21.3 Å². The minimum atomic E-state index is 0.800. The Labute approximate surface area is 93.4 Å². The van der Waals surface area contributed by atoms with Gasteiger partial charge in [-0.05, 0) is 38.6 Å². The molecule has 0 bridgehead atoms. The molecule has 0 saturated carbocycles. The van der Waals surface area contributed by atoms with Crippen LogP contribution in [0.15, 0.2) is 23.8 Å². The standard InChI is InChI=1S/C13H23NO/c1-15-12-11-14-10-6-5-9-13-7-3-2-4-8-13/h5,7,9,14H,2-4,6,8,10-12H2,1H3/b9-5+. The lowest BCUT2D eigenvalue weighted by Gasteiger charge is -2.08. The monoisotopic (exact) mass is 209 g/mol. The minimum absolute atomic E-state index is 0.800. The average molecular weight is 209 g/mol. The smallest absolute Gasteiger partial charge is 0.0587 e. The first-order valence-electron chi connectivity index (χ1n) is 5.98. The second kappa shape index (κ2) is 8.69. The second-order valence-electron chi connectivity index (χ2n) is 3.96. The van der Waals surface area contributed by atoms with Crippen LogP contribution in [0.3, 0.4) is 0 Å². The number of rotatable bonds is 7. The molecule has 0 aliphatic heterocycles. The van der Waals surface area contributed by atoms with Crippen molar-refractivity contribution in [1.82, 2.24) is 5.32 Å². The Morgan fingerprint density at radius 2 is 2.33 bits per heavy atom. The van der Waals surface area contributed by atoms with Crippen molar-refractivity contribution in [2.75, 3.05) is 26.8 Å². The van der Waals surface area contributed by atoms with E-state index in [1.54, 1.807) is 7.11 Å². The Bertz CT molecular complexity index is 209. The van der Waals surface area contributed by atoms with Gasteiger partial charge in [-0.25, -0.2) is 0 Å². The van der Waals surface area contributed by atoms with Crippen molar-refractivity contribution in [2.45, 2.75) is 32.1 Å². The fourth-order valence-electron chi connectivity index (χ4n) is 1.73. The van der Waals surface area contributed by atoms with Crippen LogP contribution < -0.4 is 5.32 Å². The van der Waals surface area contributed by atoms with Gasteiger partial charge in [0.25, 0.3) is 0 Å². The van der Waals surface area contributed by atoms with E-state index in [-0.39, 0.29) is 0 Å². The predicted molar refractivity (Wildman–Crippen MR) is 65.1 cm³/mol. The lowest BCUT2D eigenvalue weighted by atomic mass is 9.99. The molecular weight excluding hydrogens is 186 g/mol. The van der Waals surface area contributed by atoms with Crippen LogP contribution in [0.1, 0.15) is 32.1 Å². The summed E-state index contributed by atoms with van der Waals surface area (Å²) in [5.74, 6) is 0. The Kier molecular flexibility index (Phi) is 7.22. The van der Waals surface area contributed by atoms with Crippen LogP contribution in [0.5, 0.6) is 0 Å². The van der Waals surface area contributed by atoms with E-state index >= 15 is 0 Å². The van der Waals surface area contributed by atoms with Crippen LogP contribution in [0.25, 0.3) is 0 Å². The minimum Gasteiger partial charge on any atom is -0.383 e. The number of hydrogen-bond donors (Lipinski definition) is 1. The fourth-order valence-corrected chi connectivity index (χ4v) is 1.73. The first kappa shape index (κ1) is 12.5. The Balaban J connectivity index is 1.98. The van der Waals surface area contributed by atoms with Crippen molar-refractivity contribution < 1.29 is 4.74 Å². The quantitative estimate of drug-likeness (QED) is 0.651. The van der Waals surface area contributed by atoms with E-state index in [2.05, 4.69) is 23.5 Å². The van der Waals surface area contributed by atoms with Gasteiger partial charge in [-0.3, -0.25) is 0 Å². The molecule has 2 heteroatoms. The summed E-state index contributed by atoms with van der Waals surface area (Å²) in [6.07, 6.45) is 13.3. The summed E-state index contributed by atoms with van der Waals surface area (Å²) in [5, 5.41) is 3.33. The zero-order chi connectivity index (χ0) is 10.8. The average Bonchev–Trinajstić information content (AvgIpc) is 2.29. The molecule has 0 atom stereocenters. The molecule has 0 amide bonds. The molecule has 86 valence electrons. The van der Waals surface area contributed by atoms with Gasteiger partial charge in [-0.15, -0.1) is 0 Å². The number of hydrogen-bond acceptors (Lipinski definition) is 2. The van der Waals surface area contributed by atoms with Crippen LogP contribution in [-0.2, 0) is 4.74 Å². The number of ether oxygens (including phenoxy) is 1. The van der Waals surface area contributed by atoms with E-state index in [0.717, 1.165) is 26.1 Å². The van der Waals surface area contributed by atoms with E-state index < -0.39 is 0 Å². The highest BCUT2D eigenvalue weighted by Crippen LogP contribution is 2.17. The van der Waals surface area contributed by atoms with Crippen molar-refractivity contribution >= 4 is 0 Å². The molecule has 1 aliphatic carbocycles. The van der Waals surface area contributed by atoms with Gasteiger partial charge in [0.05, 0.1) is 6.61 Å². The van der Waals surface area contributed by atoms with Gasteiger partial charge < -0.3 is 10.1 Å². The number of nitrogens with one attached hydrogen (secondary N) is 1. The summed E-state index contributed by atoms with van der Waals surface area (Å²) in [4.78, 5) is 0. The maximum Gasteiger partial charge on any atom is 0.0587 e. The van der Waals surface area contributed by atoms with Crippen LogP contribution in [-0.4, -0.2) is 26.8 Å². The van der Waals surface area contributed by atoms with Gasteiger partial charge >= 0.3 is 0 Å². The predicted octanol–water partition coefficient (Wildman–Crippen LogP) is 2.67. The van der Waals surface area contributed by atoms with Crippen LogP contribution in [0.2, 0.25) is 0 Å². The zero-order valence-electron chi connectivity index (χ0n) is 9.80. The molecule has 0 radical (unpaired) electrons. The van der Waals surface area contributed by atoms with Crippen LogP contribution in [0, 0.1) is 0 Å². The van der Waals surface area contributed by atoms with Crippen molar-refractivity contribution in [3.8, 4) is 0 Å². The lowest BCUT2D eigenvalue weighted by molar-refractivity contribution is 0.199. The molecule has 1 N–H and O–H groups in total. The number of methoxy groups -OCH3 is 1. The molecule has 0 aromatic carbocycles. The van der Waals surface area contributed by atoms with Crippen LogP contribution in [0.4, 0.5) is 0 Å². The Morgan fingerprint density at radius 3 is 3.07 bits per heavy atom. The third-order valence-corrected chi connectivity index (χ3v) is 2.63. The second-order valence-corrected chi connectivity index (χ2v) is 3.96. The Morgan fingerprint density at radius 1 is 1.40 bits per heavy atom. The highest BCUT2D eigenvalue weighted by molar-refractivity contribution is 5.19.